The molecule has 2 N–H and O–H groups in total. The van der Waals surface area contributed by atoms with E-state index >= 15 is 0 Å². The fourth-order valence-electron chi connectivity index (χ4n) is 4.83. The summed E-state index contributed by atoms with van der Waals surface area (Å²) in [7, 11) is 3.79. The van der Waals surface area contributed by atoms with Crippen molar-refractivity contribution in [1.29, 1.82) is 0 Å². The van der Waals surface area contributed by atoms with E-state index in [2.05, 4.69) is 27.2 Å². The van der Waals surface area contributed by atoms with Gasteiger partial charge in [0, 0.05) is 38.2 Å². The summed E-state index contributed by atoms with van der Waals surface area (Å²) in [6.45, 7) is 4.58. The number of nitrogens with zero attached hydrogens (tertiary/aromatic N) is 5. The van der Waals surface area contributed by atoms with Crippen LogP contribution in [0.25, 0.3) is 16.6 Å². The van der Waals surface area contributed by atoms with Gasteiger partial charge in [-0.1, -0.05) is 36.1 Å². The summed E-state index contributed by atoms with van der Waals surface area (Å²) in [5, 5.41) is 17.3. The SMILES string of the molecule is CNC(C)c1nc2cccc(C#Cc3cnn(C)c3C3CN(CCO)C3)c2c(=O)n1-c1ccccc1. The van der Waals surface area contributed by atoms with Crippen molar-refractivity contribution in [2.45, 2.75) is 18.9 Å². The van der Waals surface area contributed by atoms with Crippen LogP contribution in [0, 0.1) is 11.8 Å². The summed E-state index contributed by atoms with van der Waals surface area (Å²) < 4.78 is 3.55. The molecule has 8 heteroatoms. The van der Waals surface area contributed by atoms with Crippen LogP contribution >= 0.6 is 0 Å². The fraction of sp³-hybridized carbons (Fsp3) is 0.321. The molecule has 2 aromatic carbocycles. The van der Waals surface area contributed by atoms with Crippen LogP contribution in [0.1, 0.15) is 41.5 Å². The van der Waals surface area contributed by atoms with E-state index in [1.54, 1.807) is 10.8 Å². The molecule has 1 aliphatic rings. The number of fused-ring (bicyclic) bond motifs is 1. The van der Waals surface area contributed by atoms with E-state index in [4.69, 9.17) is 4.98 Å². The van der Waals surface area contributed by atoms with Gasteiger partial charge in [0.05, 0.1) is 46.7 Å². The number of hydrogen-bond acceptors (Lipinski definition) is 6. The highest BCUT2D eigenvalue weighted by molar-refractivity contribution is 5.85. The molecular weight excluding hydrogens is 452 g/mol. The molecule has 0 aliphatic carbocycles. The number of aromatic nitrogens is 4. The maximum atomic E-state index is 13.9. The van der Waals surface area contributed by atoms with E-state index < -0.39 is 0 Å². The lowest BCUT2D eigenvalue weighted by Crippen LogP contribution is -2.47. The van der Waals surface area contributed by atoms with Gasteiger partial charge in [-0.3, -0.25) is 18.9 Å². The molecule has 8 nitrogen and oxygen atoms in total. The summed E-state index contributed by atoms with van der Waals surface area (Å²) >= 11 is 0. The molecule has 5 rings (SSSR count). The summed E-state index contributed by atoms with van der Waals surface area (Å²) in [4.78, 5) is 21.0. The molecule has 1 fully saturated rings. The van der Waals surface area contributed by atoms with Gasteiger partial charge in [0.25, 0.3) is 5.56 Å². The van der Waals surface area contributed by atoms with Crippen molar-refractivity contribution in [3.8, 4) is 17.5 Å². The van der Waals surface area contributed by atoms with Crippen LogP contribution in [0.4, 0.5) is 0 Å². The molecule has 4 aromatic rings. The lowest BCUT2D eigenvalue weighted by Gasteiger charge is -2.39. The zero-order valence-electron chi connectivity index (χ0n) is 20.8. The van der Waals surface area contributed by atoms with Crippen molar-refractivity contribution < 1.29 is 5.11 Å². The highest BCUT2D eigenvalue weighted by Gasteiger charge is 2.31. The first-order valence-electron chi connectivity index (χ1n) is 12.2. The number of nitrogens with one attached hydrogen (secondary N) is 1. The number of likely N-dealkylation sites (tertiary alicyclic amines) is 1. The average Bonchev–Trinajstić information content (AvgIpc) is 3.23. The predicted molar refractivity (Wildman–Crippen MR) is 140 cm³/mol. The number of benzene rings is 2. The molecule has 0 radical (unpaired) electrons. The summed E-state index contributed by atoms with van der Waals surface area (Å²) in [5.74, 6) is 7.51. The third kappa shape index (κ3) is 4.33. The number of hydrogen-bond donors (Lipinski definition) is 2. The zero-order chi connectivity index (χ0) is 25.2. The second-order valence-corrected chi connectivity index (χ2v) is 9.15. The van der Waals surface area contributed by atoms with Crippen LogP contribution in [-0.4, -0.2) is 62.6 Å². The Kier molecular flexibility index (Phi) is 6.70. The van der Waals surface area contributed by atoms with Gasteiger partial charge in [0.1, 0.15) is 5.82 Å². The Bertz CT molecular complexity index is 1510. The number of rotatable bonds is 6. The maximum Gasteiger partial charge on any atom is 0.267 e. The summed E-state index contributed by atoms with van der Waals surface area (Å²) in [6.07, 6.45) is 1.79. The lowest BCUT2D eigenvalue weighted by molar-refractivity contribution is 0.112. The third-order valence-corrected chi connectivity index (χ3v) is 6.83. The molecule has 184 valence electrons. The summed E-state index contributed by atoms with van der Waals surface area (Å²) in [6, 6.07) is 15.1. The molecule has 1 atom stereocenters. The molecule has 0 spiro atoms. The van der Waals surface area contributed by atoms with E-state index in [1.165, 1.54) is 0 Å². The van der Waals surface area contributed by atoms with Crippen LogP contribution in [0.3, 0.4) is 0 Å². The van der Waals surface area contributed by atoms with Crippen LogP contribution < -0.4 is 10.9 Å². The number of para-hydroxylation sites is 1. The first kappa shape index (κ1) is 23.9. The number of aliphatic hydroxyl groups excluding tert-OH is 1. The van der Waals surface area contributed by atoms with Crippen molar-refractivity contribution in [1.82, 2.24) is 29.5 Å². The van der Waals surface area contributed by atoms with Gasteiger partial charge in [0.2, 0.25) is 0 Å². The Morgan fingerprint density at radius 3 is 2.58 bits per heavy atom. The molecule has 3 heterocycles. The molecule has 0 saturated carbocycles. The molecule has 0 amide bonds. The largest absolute Gasteiger partial charge is 0.395 e. The van der Waals surface area contributed by atoms with Crippen molar-refractivity contribution in [3.63, 3.8) is 0 Å². The standard InChI is InChI=1S/C28H30N6O2/c1-19(29-2)27-31-24-11-7-8-20(25(24)28(36)34(27)23-9-5-4-6-10-23)12-13-21-16-30-32(3)26(21)22-17-33(18-22)14-15-35/h4-11,16,19,22,29,35H,14-15,17-18H2,1-3H3. The molecule has 1 saturated heterocycles. The number of aryl methyl sites for hydroxylation is 1. The van der Waals surface area contributed by atoms with Gasteiger partial charge in [0.15, 0.2) is 0 Å². The topological polar surface area (TPSA) is 88.2 Å². The fourth-order valence-corrected chi connectivity index (χ4v) is 4.83. The van der Waals surface area contributed by atoms with Gasteiger partial charge in [-0.25, -0.2) is 4.98 Å². The van der Waals surface area contributed by atoms with E-state index in [1.807, 2.05) is 74.2 Å². The minimum absolute atomic E-state index is 0.122. The Balaban J connectivity index is 1.61. The zero-order valence-corrected chi connectivity index (χ0v) is 20.8. The highest BCUT2D eigenvalue weighted by Crippen LogP contribution is 2.28. The Morgan fingerprint density at radius 2 is 1.86 bits per heavy atom. The Hall–Kier alpha value is -3.77. The van der Waals surface area contributed by atoms with Crippen molar-refractivity contribution in [2.24, 2.45) is 7.05 Å². The predicted octanol–water partition coefficient (Wildman–Crippen LogP) is 2.19. The molecular formula is C28H30N6O2. The molecule has 0 bridgehead atoms. The third-order valence-electron chi connectivity index (χ3n) is 6.83. The minimum Gasteiger partial charge on any atom is -0.395 e. The van der Waals surface area contributed by atoms with Crippen LogP contribution in [0.2, 0.25) is 0 Å². The Morgan fingerprint density at radius 1 is 1.11 bits per heavy atom. The van der Waals surface area contributed by atoms with Gasteiger partial charge < -0.3 is 10.4 Å². The van der Waals surface area contributed by atoms with Crippen LogP contribution in [0.15, 0.2) is 59.5 Å². The second-order valence-electron chi connectivity index (χ2n) is 9.15. The molecule has 1 aliphatic heterocycles. The first-order valence-corrected chi connectivity index (χ1v) is 12.2. The van der Waals surface area contributed by atoms with Gasteiger partial charge in [-0.2, -0.15) is 5.10 Å². The summed E-state index contributed by atoms with van der Waals surface area (Å²) in [5.41, 5.74) is 3.84. The highest BCUT2D eigenvalue weighted by atomic mass is 16.3. The molecule has 2 aromatic heterocycles. The minimum atomic E-state index is -0.141. The molecule has 36 heavy (non-hydrogen) atoms. The van der Waals surface area contributed by atoms with E-state index in [0.29, 0.717) is 34.8 Å². The quantitative estimate of drug-likeness (QED) is 0.410. The lowest BCUT2D eigenvalue weighted by atomic mass is 9.93. The van der Waals surface area contributed by atoms with Crippen LogP contribution in [0.5, 0.6) is 0 Å². The number of aliphatic hydroxyl groups is 1. The average molecular weight is 483 g/mol. The van der Waals surface area contributed by atoms with E-state index in [0.717, 1.165) is 30.0 Å². The maximum absolute atomic E-state index is 13.9. The van der Waals surface area contributed by atoms with Gasteiger partial charge in [-0.05, 0) is 38.2 Å². The van der Waals surface area contributed by atoms with E-state index in [9.17, 15) is 9.90 Å². The number of β-amino-alcohol motifs (C(OH)–C–C–N with tert-alkyl or cyclic N) is 1. The van der Waals surface area contributed by atoms with Gasteiger partial charge >= 0.3 is 0 Å². The normalized spacial score (nSPS) is 14.9. The molecule has 1 unspecified atom stereocenters. The monoisotopic (exact) mass is 482 g/mol. The van der Waals surface area contributed by atoms with Crippen molar-refractivity contribution in [2.75, 3.05) is 33.3 Å². The first-order chi connectivity index (χ1) is 17.5. The van der Waals surface area contributed by atoms with Crippen LogP contribution in [-0.2, 0) is 7.05 Å². The van der Waals surface area contributed by atoms with Crippen molar-refractivity contribution in [3.05, 3.63) is 87.7 Å². The Labute approximate surface area is 210 Å². The smallest absolute Gasteiger partial charge is 0.267 e. The van der Waals surface area contributed by atoms with E-state index in [-0.39, 0.29) is 18.2 Å². The second kappa shape index (κ2) is 10.1. The van der Waals surface area contributed by atoms with Gasteiger partial charge in [-0.15, -0.1) is 0 Å². The van der Waals surface area contributed by atoms with Crippen molar-refractivity contribution >= 4 is 10.9 Å².